The number of hydrogen-bond donors (Lipinski definition) is 2. The zero-order valence-corrected chi connectivity index (χ0v) is 19.5. The molecular formula is C32H28N2. The van der Waals surface area contributed by atoms with E-state index in [-0.39, 0.29) is 0 Å². The highest BCUT2D eigenvalue weighted by atomic mass is 14.9. The average molecular weight is 441 g/mol. The van der Waals surface area contributed by atoms with Crippen LogP contribution in [0.1, 0.15) is 11.1 Å². The number of nitrogens with one attached hydrogen (secondary N) is 2. The van der Waals surface area contributed by atoms with Gasteiger partial charge < -0.3 is 10.6 Å². The Hall–Kier alpha value is -4.30. The van der Waals surface area contributed by atoms with Crippen molar-refractivity contribution in [3.8, 4) is 22.3 Å². The molecule has 0 heterocycles. The van der Waals surface area contributed by atoms with Crippen LogP contribution in [0.15, 0.2) is 121 Å². The number of hydrogen-bond acceptors (Lipinski definition) is 2. The molecule has 5 rings (SSSR count). The van der Waals surface area contributed by atoms with E-state index in [4.69, 9.17) is 0 Å². The van der Waals surface area contributed by atoms with E-state index in [9.17, 15) is 0 Å². The van der Waals surface area contributed by atoms with E-state index < -0.39 is 0 Å². The van der Waals surface area contributed by atoms with Crippen molar-refractivity contribution in [2.75, 3.05) is 10.6 Å². The largest absolute Gasteiger partial charge is 0.356 e. The molecule has 2 N–H and O–H groups in total. The van der Waals surface area contributed by atoms with Crippen molar-refractivity contribution in [2.45, 2.75) is 13.8 Å². The molecule has 5 aromatic rings. The van der Waals surface area contributed by atoms with Crippen molar-refractivity contribution in [2.24, 2.45) is 0 Å². The van der Waals surface area contributed by atoms with Crippen LogP contribution in [0.5, 0.6) is 0 Å². The van der Waals surface area contributed by atoms with E-state index in [0.717, 1.165) is 22.7 Å². The van der Waals surface area contributed by atoms with Crippen LogP contribution in [0.25, 0.3) is 22.3 Å². The maximum atomic E-state index is 3.56. The molecule has 2 heteroatoms. The number of rotatable bonds is 6. The molecule has 0 spiro atoms. The van der Waals surface area contributed by atoms with E-state index >= 15 is 0 Å². The molecule has 2 nitrogen and oxygen atoms in total. The summed E-state index contributed by atoms with van der Waals surface area (Å²) >= 11 is 0. The summed E-state index contributed by atoms with van der Waals surface area (Å²) in [7, 11) is 0. The summed E-state index contributed by atoms with van der Waals surface area (Å²) in [5.74, 6) is 0. The lowest BCUT2D eigenvalue weighted by Crippen LogP contribution is -1.94. The summed E-state index contributed by atoms with van der Waals surface area (Å²) in [6.07, 6.45) is 0. The highest BCUT2D eigenvalue weighted by Crippen LogP contribution is 2.36. The Balaban J connectivity index is 1.47. The maximum absolute atomic E-state index is 3.56. The number of aryl methyl sites for hydroxylation is 2. The average Bonchev–Trinajstić information content (AvgIpc) is 2.85. The lowest BCUT2D eigenvalue weighted by atomic mass is 9.94. The van der Waals surface area contributed by atoms with Crippen LogP contribution in [0, 0.1) is 13.8 Å². The second-order valence-electron chi connectivity index (χ2n) is 8.69. The smallest absolute Gasteiger partial charge is 0.0390 e. The molecule has 0 saturated heterocycles. The Morgan fingerprint density at radius 2 is 0.912 bits per heavy atom. The molecule has 0 unspecified atom stereocenters. The topological polar surface area (TPSA) is 24.1 Å². The van der Waals surface area contributed by atoms with Gasteiger partial charge in [-0.3, -0.25) is 0 Å². The Morgan fingerprint density at radius 3 is 1.53 bits per heavy atom. The zero-order chi connectivity index (χ0) is 23.3. The Labute approximate surface area is 201 Å². The van der Waals surface area contributed by atoms with Crippen LogP contribution < -0.4 is 10.6 Å². The first-order chi connectivity index (χ1) is 16.6. The van der Waals surface area contributed by atoms with Crippen molar-refractivity contribution < 1.29 is 0 Å². The highest BCUT2D eigenvalue weighted by molar-refractivity contribution is 5.87. The van der Waals surface area contributed by atoms with Gasteiger partial charge in [-0.15, -0.1) is 0 Å². The van der Waals surface area contributed by atoms with Gasteiger partial charge in [0.1, 0.15) is 0 Å². The fraction of sp³-hybridized carbons (Fsp3) is 0.0625. The van der Waals surface area contributed by atoms with Gasteiger partial charge in [0.25, 0.3) is 0 Å². The minimum Gasteiger partial charge on any atom is -0.356 e. The molecule has 0 aliphatic heterocycles. The summed E-state index contributed by atoms with van der Waals surface area (Å²) in [5.41, 5.74) is 11.6. The highest BCUT2D eigenvalue weighted by Gasteiger charge is 2.10. The third-order valence-corrected chi connectivity index (χ3v) is 5.91. The summed E-state index contributed by atoms with van der Waals surface area (Å²) in [5, 5.41) is 7.07. The van der Waals surface area contributed by atoms with E-state index in [1.165, 1.54) is 33.4 Å². The number of anilines is 4. The van der Waals surface area contributed by atoms with Gasteiger partial charge in [0.05, 0.1) is 0 Å². The van der Waals surface area contributed by atoms with Gasteiger partial charge in [0, 0.05) is 22.7 Å². The maximum Gasteiger partial charge on any atom is 0.0390 e. The van der Waals surface area contributed by atoms with Gasteiger partial charge in [-0.2, -0.15) is 0 Å². The van der Waals surface area contributed by atoms with Crippen LogP contribution in [0.3, 0.4) is 0 Å². The van der Waals surface area contributed by atoms with Gasteiger partial charge in [-0.05, 0) is 95.8 Å². The van der Waals surface area contributed by atoms with Crippen LogP contribution in [0.2, 0.25) is 0 Å². The van der Waals surface area contributed by atoms with Crippen LogP contribution in [-0.4, -0.2) is 0 Å². The first kappa shape index (κ1) is 21.5. The van der Waals surface area contributed by atoms with Crippen molar-refractivity contribution >= 4 is 22.7 Å². The third-order valence-electron chi connectivity index (χ3n) is 5.91. The molecule has 34 heavy (non-hydrogen) atoms. The van der Waals surface area contributed by atoms with Gasteiger partial charge in [-0.1, -0.05) is 72.8 Å². The molecule has 0 aromatic heterocycles. The Morgan fingerprint density at radius 1 is 0.382 bits per heavy atom. The molecule has 0 saturated carbocycles. The first-order valence-corrected chi connectivity index (χ1v) is 11.6. The van der Waals surface area contributed by atoms with Crippen LogP contribution >= 0.6 is 0 Å². The van der Waals surface area contributed by atoms with Gasteiger partial charge in [-0.25, -0.2) is 0 Å². The molecule has 0 amide bonds. The van der Waals surface area contributed by atoms with Crippen LogP contribution in [0.4, 0.5) is 22.7 Å². The van der Waals surface area contributed by atoms with Crippen molar-refractivity contribution in [1.82, 2.24) is 0 Å². The second kappa shape index (κ2) is 9.68. The summed E-state index contributed by atoms with van der Waals surface area (Å²) in [4.78, 5) is 0. The van der Waals surface area contributed by atoms with Crippen molar-refractivity contribution in [3.05, 3.63) is 132 Å². The van der Waals surface area contributed by atoms with Crippen molar-refractivity contribution in [3.63, 3.8) is 0 Å². The van der Waals surface area contributed by atoms with E-state index in [2.05, 4.69) is 146 Å². The molecule has 0 fully saturated rings. The minimum atomic E-state index is 1.07. The lowest BCUT2D eigenvalue weighted by Gasteiger charge is -2.15. The monoisotopic (exact) mass is 440 g/mol. The molecular weight excluding hydrogens is 412 g/mol. The summed E-state index contributed by atoms with van der Waals surface area (Å²) < 4.78 is 0. The lowest BCUT2D eigenvalue weighted by molar-refractivity contribution is 1.44. The molecule has 0 aliphatic carbocycles. The molecule has 0 bridgehead atoms. The molecule has 0 radical (unpaired) electrons. The van der Waals surface area contributed by atoms with E-state index in [1.807, 2.05) is 0 Å². The zero-order valence-electron chi connectivity index (χ0n) is 19.5. The van der Waals surface area contributed by atoms with Crippen LogP contribution in [-0.2, 0) is 0 Å². The normalized spacial score (nSPS) is 10.6. The van der Waals surface area contributed by atoms with E-state index in [1.54, 1.807) is 0 Å². The fourth-order valence-corrected chi connectivity index (χ4v) is 4.24. The predicted molar refractivity (Wildman–Crippen MR) is 146 cm³/mol. The molecule has 5 aromatic carbocycles. The molecule has 166 valence electrons. The Bertz CT molecular complexity index is 1400. The van der Waals surface area contributed by atoms with Gasteiger partial charge in [0.2, 0.25) is 0 Å². The summed E-state index contributed by atoms with van der Waals surface area (Å²) in [6.45, 7) is 4.22. The summed E-state index contributed by atoms with van der Waals surface area (Å²) in [6, 6.07) is 42.7. The third kappa shape index (κ3) is 5.02. The minimum absolute atomic E-state index is 1.07. The predicted octanol–water partition coefficient (Wildman–Crippen LogP) is 9.12. The molecule has 0 atom stereocenters. The van der Waals surface area contributed by atoms with E-state index in [0.29, 0.717) is 0 Å². The SMILES string of the molecule is Cc1cccc(Nc2ccc(-c3ccc(Nc4cccc(C)c4)cc3-c3ccccc3)cc2)c1. The second-order valence-corrected chi connectivity index (χ2v) is 8.69. The Kier molecular flexibility index (Phi) is 6.13. The van der Waals surface area contributed by atoms with Crippen molar-refractivity contribution in [1.29, 1.82) is 0 Å². The molecule has 0 aliphatic rings. The quantitative estimate of drug-likeness (QED) is 0.275. The van der Waals surface area contributed by atoms with Gasteiger partial charge >= 0.3 is 0 Å². The number of benzene rings is 5. The van der Waals surface area contributed by atoms with Gasteiger partial charge in [0.15, 0.2) is 0 Å². The fourth-order valence-electron chi connectivity index (χ4n) is 4.24. The standard InChI is InChI=1S/C32H28N2/c1-23-8-6-12-28(20-23)33-27-16-14-26(15-17-27)31-19-18-30(34-29-13-7-9-24(2)21-29)22-32(31)25-10-4-3-5-11-25/h3-22,33-34H,1-2H3. The first-order valence-electron chi connectivity index (χ1n) is 11.6.